The molecule has 2 aliphatic heterocycles. The highest BCUT2D eigenvalue weighted by atomic mass is 16.5. The molecule has 4 rings (SSSR count). The Kier molecular flexibility index (Phi) is 8.46. The first-order valence-electron chi connectivity index (χ1n) is 11.7. The largest absolute Gasteiger partial charge is 0.476 e. The van der Waals surface area contributed by atoms with E-state index in [4.69, 9.17) is 24.9 Å². The molecule has 9 nitrogen and oxygen atoms in total. The van der Waals surface area contributed by atoms with Gasteiger partial charge in [-0.3, -0.25) is 14.7 Å². The summed E-state index contributed by atoms with van der Waals surface area (Å²) in [6, 6.07) is 9.54. The van der Waals surface area contributed by atoms with Gasteiger partial charge in [-0.25, -0.2) is 4.98 Å². The molecule has 2 aromatic rings. The van der Waals surface area contributed by atoms with Gasteiger partial charge in [-0.15, -0.1) is 0 Å². The van der Waals surface area contributed by atoms with E-state index in [1.165, 1.54) is 0 Å². The Hall–Kier alpha value is -3.01. The van der Waals surface area contributed by atoms with E-state index in [0.29, 0.717) is 37.8 Å². The Morgan fingerprint density at radius 3 is 2.56 bits per heavy atom. The first-order chi connectivity index (χ1) is 16.6. The van der Waals surface area contributed by atoms with Crippen molar-refractivity contribution in [3.8, 4) is 5.88 Å². The van der Waals surface area contributed by atoms with Crippen LogP contribution in [-0.2, 0) is 16.0 Å². The molecular formula is C25H33N5O4. The maximum Gasteiger partial charge on any atom is 0.248 e. The summed E-state index contributed by atoms with van der Waals surface area (Å²) in [5.41, 5.74) is 9.59. The highest BCUT2D eigenvalue weighted by Crippen LogP contribution is 2.23. The third-order valence-corrected chi connectivity index (χ3v) is 5.85. The predicted octanol–water partition coefficient (Wildman–Crippen LogP) is 1.66. The zero-order valence-corrected chi connectivity index (χ0v) is 19.7. The van der Waals surface area contributed by atoms with Crippen LogP contribution in [0, 0.1) is 6.92 Å². The van der Waals surface area contributed by atoms with Crippen LogP contribution in [0.3, 0.4) is 0 Å². The van der Waals surface area contributed by atoms with Crippen molar-refractivity contribution in [2.24, 2.45) is 10.7 Å². The number of rotatable bonds is 9. The standard InChI is InChI=1S/C25H33N5O4/c1-19-12-20(14-21(13-19)25(26)31)17-27-18-22-15-23(30-5-9-33-10-6-30)16-24(28-22)34-11-4-29-2-7-32-8-3-29/h12-17H,2-11,18H2,1H3,(H2,26,31). The van der Waals surface area contributed by atoms with E-state index in [0.717, 1.165) is 68.4 Å². The van der Waals surface area contributed by atoms with Crippen LogP contribution in [0.1, 0.15) is 27.2 Å². The van der Waals surface area contributed by atoms with Crippen LogP contribution in [0.2, 0.25) is 0 Å². The third-order valence-electron chi connectivity index (χ3n) is 5.85. The number of carbonyl (C=O) groups excluding carboxylic acids is 1. The fourth-order valence-electron chi connectivity index (χ4n) is 4.08. The van der Waals surface area contributed by atoms with Gasteiger partial charge < -0.3 is 24.8 Å². The molecule has 0 unspecified atom stereocenters. The lowest BCUT2D eigenvalue weighted by atomic mass is 10.1. The van der Waals surface area contributed by atoms with Gasteiger partial charge in [0.15, 0.2) is 0 Å². The number of aliphatic imine (C=N–C) groups is 1. The van der Waals surface area contributed by atoms with Crippen molar-refractivity contribution >= 4 is 17.8 Å². The number of nitrogens with two attached hydrogens (primary N) is 1. The van der Waals surface area contributed by atoms with E-state index in [9.17, 15) is 4.79 Å². The molecule has 9 heteroatoms. The van der Waals surface area contributed by atoms with Gasteiger partial charge in [0.1, 0.15) is 6.61 Å². The molecule has 1 amide bonds. The van der Waals surface area contributed by atoms with Crippen LogP contribution in [0.4, 0.5) is 5.69 Å². The first kappa shape index (κ1) is 24.1. The van der Waals surface area contributed by atoms with Gasteiger partial charge in [-0.1, -0.05) is 6.07 Å². The van der Waals surface area contributed by atoms with Crippen LogP contribution in [0.5, 0.6) is 5.88 Å². The Morgan fingerprint density at radius 2 is 1.82 bits per heavy atom. The Labute approximate surface area is 200 Å². The number of pyridine rings is 1. The van der Waals surface area contributed by atoms with Crippen molar-refractivity contribution in [1.82, 2.24) is 9.88 Å². The van der Waals surface area contributed by atoms with E-state index in [1.807, 2.05) is 19.1 Å². The van der Waals surface area contributed by atoms with Gasteiger partial charge >= 0.3 is 0 Å². The first-order valence-corrected chi connectivity index (χ1v) is 11.7. The summed E-state index contributed by atoms with van der Waals surface area (Å²) in [6.07, 6.45) is 1.75. The second-order valence-corrected chi connectivity index (χ2v) is 8.52. The normalized spacial score (nSPS) is 17.3. The highest BCUT2D eigenvalue weighted by molar-refractivity contribution is 5.95. The smallest absolute Gasteiger partial charge is 0.248 e. The quantitative estimate of drug-likeness (QED) is 0.560. The SMILES string of the molecule is Cc1cc(C=NCc2cc(N3CCOCC3)cc(OCCN3CCOCC3)n2)cc(C(N)=O)c1. The zero-order valence-electron chi connectivity index (χ0n) is 19.7. The summed E-state index contributed by atoms with van der Waals surface area (Å²) < 4.78 is 17.0. The molecule has 0 atom stereocenters. The summed E-state index contributed by atoms with van der Waals surface area (Å²) in [6.45, 7) is 10.2. The summed E-state index contributed by atoms with van der Waals surface area (Å²) in [4.78, 5) is 25.4. The molecule has 2 aliphatic rings. The molecule has 1 aromatic carbocycles. The number of aryl methyl sites for hydroxylation is 1. The van der Waals surface area contributed by atoms with Gasteiger partial charge in [-0.2, -0.15) is 0 Å². The average Bonchev–Trinajstić information content (AvgIpc) is 2.85. The van der Waals surface area contributed by atoms with E-state index >= 15 is 0 Å². The van der Waals surface area contributed by atoms with E-state index in [2.05, 4.69) is 20.9 Å². The molecule has 2 saturated heterocycles. The van der Waals surface area contributed by atoms with Crippen LogP contribution in [0.25, 0.3) is 0 Å². The maximum absolute atomic E-state index is 11.5. The molecule has 34 heavy (non-hydrogen) atoms. The molecule has 2 N–H and O–H groups in total. The summed E-state index contributed by atoms with van der Waals surface area (Å²) in [5.74, 6) is 0.158. The number of hydrogen-bond acceptors (Lipinski definition) is 8. The molecule has 0 saturated carbocycles. The van der Waals surface area contributed by atoms with Gasteiger partial charge in [-0.05, 0) is 36.2 Å². The van der Waals surface area contributed by atoms with Crippen molar-refractivity contribution < 1.29 is 19.0 Å². The number of hydrogen-bond donors (Lipinski definition) is 1. The molecule has 2 fully saturated rings. The maximum atomic E-state index is 11.5. The molecular weight excluding hydrogens is 434 g/mol. The molecule has 3 heterocycles. The molecule has 0 radical (unpaired) electrons. The van der Waals surface area contributed by atoms with E-state index in [1.54, 1.807) is 18.3 Å². The molecule has 0 aliphatic carbocycles. The van der Waals surface area contributed by atoms with Crippen LogP contribution in [0.15, 0.2) is 35.3 Å². The number of carbonyl (C=O) groups is 1. The van der Waals surface area contributed by atoms with Crippen LogP contribution >= 0.6 is 0 Å². The number of anilines is 1. The molecule has 0 spiro atoms. The second kappa shape index (κ2) is 11.9. The summed E-state index contributed by atoms with van der Waals surface area (Å²) >= 11 is 0. The van der Waals surface area contributed by atoms with E-state index < -0.39 is 5.91 Å². The highest BCUT2D eigenvalue weighted by Gasteiger charge is 2.15. The number of primary amides is 1. The topological polar surface area (TPSA) is 103 Å². The van der Waals surface area contributed by atoms with Crippen molar-refractivity contribution in [3.63, 3.8) is 0 Å². The lowest BCUT2D eigenvalue weighted by molar-refractivity contribution is 0.0320. The van der Waals surface area contributed by atoms with Gasteiger partial charge in [0, 0.05) is 56.3 Å². The average molecular weight is 468 g/mol. The molecule has 1 aromatic heterocycles. The summed E-state index contributed by atoms with van der Waals surface area (Å²) in [5, 5.41) is 0. The van der Waals surface area contributed by atoms with Gasteiger partial charge in [0.25, 0.3) is 0 Å². The van der Waals surface area contributed by atoms with Crippen LogP contribution in [-0.4, -0.2) is 87.8 Å². The number of benzene rings is 1. The fourth-order valence-corrected chi connectivity index (χ4v) is 4.08. The predicted molar refractivity (Wildman–Crippen MR) is 131 cm³/mol. The number of nitrogens with zero attached hydrogens (tertiary/aromatic N) is 4. The minimum atomic E-state index is -0.447. The fraction of sp³-hybridized carbons (Fsp3) is 0.480. The minimum Gasteiger partial charge on any atom is -0.476 e. The van der Waals surface area contributed by atoms with E-state index in [-0.39, 0.29) is 0 Å². The third kappa shape index (κ3) is 6.99. The molecule has 182 valence electrons. The number of ether oxygens (including phenoxy) is 3. The van der Waals surface area contributed by atoms with Crippen molar-refractivity contribution in [2.75, 3.05) is 70.7 Å². The Morgan fingerprint density at radius 1 is 1.09 bits per heavy atom. The number of morpholine rings is 2. The van der Waals surface area contributed by atoms with Gasteiger partial charge in [0.05, 0.1) is 38.7 Å². The monoisotopic (exact) mass is 467 g/mol. The van der Waals surface area contributed by atoms with Crippen LogP contribution < -0.4 is 15.4 Å². The number of aromatic nitrogens is 1. The number of amides is 1. The Bertz CT molecular complexity index is 1000. The minimum absolute atomic E-state index is 0.401. The van der Waals surface area contributed by atoms with Crippen molar-refractivity contribution in [3.05, 3.63) is 52.7 Å². The molecule has 0 bridgehead atoms. The lowest BCUT2D eigenvalue weighted by Crippen LogP contribution is -2.38. The Balaban J connectivity index is 1.45. The zero-order chi connectivity index (χ0) is 23.8. The van der Waals surface area contributed by atoms with Crippen molar-refractivity contribution in [1.29, 1.82) is 0 Å². The van der Waals surface area contributed by atoms with Crippen molar-refractivity contribution in [2.45, 2.75) is 13.5 Å². The van der Waals surface area contributed by atoms with Gasteiger partial charge in [0.2, 0.25) is 11.8 Å². The second-order valence-electron chi connectivity index (χ2n) is 8.52. The summed E-state index contributed by atoms with van der Waals surface area (Å²) in [7, 11) is 0. The lowest BCUT2D eigenvalue weighted by Gasteiger charge is -2.29.